The molecule has 1 fully saturated rings. The zero-order valence-electron chi connectivity index (χ0n) is 12.8. The van der Waals surface area contributed by atoms with E-state index in [1.807, 2.05) is 0 Å². The maximum absolute atomic E-state index is 12.5. The molecule has 1 aromatic carbocycles. The third-order valence-electron chi connectivity index (χ3n) is 4.05. The number of nitro benzene ring substituents is 1. The van der Waals surface area contributed by atoms with Gasteiger partial charge in [0.05, 0.1) is 22.5 Å². The van der Waals surface area contributed by atoms with Crippen LogP contribution in [0.2, 0.25) is 5.02 Å². The van der Waals surface area contributed by atoms with Crippen molar-refractivity contribution in [1.82, 2.24) is 9.78 Å². The Hall–Kier alpha value is -2.94. The highest BCUT2D eigenvalue weighted by molar-refractivity contribution is 6.33. The van der Waals surface area contributed by atoms with Gasteiger partial charge in [0.2, 0.25) is 0 Å². The second-order valence-corrected chi connectivity index (χ2v) is 5.90. The molecule has 1 aromatic heterocycles. The van der Waals surface area contributed by atoms with E-state index in [1.54, 1.807) is 4.90 Å². The standard InChI is InChI=1S/C15H13ClN4O5/c16-13-12(18-7-1-2-11(18)15(22)23)8-17-19(14(13)21)9-3-5-10(6-4-9)20(24)25/h3-6,8,11H,1-2,7H2,(H,22,23)/t11-/m0/s1. The summed E-state index contributed by atoms with van der Waals surface area (Å²) >= 11 is 6.16. The van der Waals surface area contributed by atoms with Crippen LogP contribution in [0.15, 0.2) is 35.3 Å². The molecule has 10 heteroatoms. The summed E-state index contributed by atoms with van der Waals surface area (Å²) in [7, 11) is 0. The number of benzene rings is 1. The molecule has 0 bridgehead atoms. The van der Waals surface area contributed by atoms with E-state index in [4.69, 9.17) is 11.6 Å². The maximum Gasteiger partial charge on any atom is 0.326 e. The molecule has 0 aliphatic carbocycles. The van der Waals surface area contributed by atoms with Crippen LogP contribution in [-0.4, -0.2) is 38.4 Å². The Morgan fingerprint density at radius 3 is 2.64 bits per heavy atom. The maximum atomic E-state index is 12.5. The van der Waals surface area contributed by atoms with E-state index < -0.39 is 22.5 Å². The summed E-state index contributed by atoms with van der Waals surface area (Å²) in [5.41, 5.74) is -0.139. The Balaban J connectivity index is 1.99. The first kappa shape index (κ1) is 16.9. The van der Waals surface area contributed by atoms with Gasteiger partial charge >= 0.3 is 5.97 Å². The summed E-state index contributed by atoms with van der Waals surface area (Å²) in [5.74, 6) is -0.979. The molecule has 2 heterocycles. The van der Waals surface area contributed by atoms with Gasteiger partial charge in [0.15, 0.2) is 0 Å². The molecule has 2 aromatic rings. The van der Waals surface area contributed by atoms with Crippen molar-refractivity contribution in [1.29, 1.82) is 0 Å². The number of nitrogens with zero attached hydrogens (tertiary/aromatic N) is 4. The molecule has 1 aliphatic rings. The molecule has 0 unspecified atom stereocenters. The number of non-ortho nitro benzene ring substituents is 1. The van der Waals surface area contributed by atoms with Crippen LogP contribution < -0.4 is 10.5 Å². The number of aromatic nitrogens is 2. The number of halogens is 1. The number of rotatable bonds is 4. The number of nitro groups is 1. The van der Waals surface area contributed by atoms with Crippen molar-refractivity contribution < 1.29 is 14.8 Å². The number of carboxylic acids is 1. The van der Waals surface area contributed by atoms with Crippen molar-refractivity contribution in [2.45, 2.75) is 18.9 Å². The highest BCUT2D eigenvalue weighted by Gasteiger charge is 2.32. The van der Waals surface area contributed by atoms with E-state index in [0.717, 1.165) is 4.68 Å². The van der Waals surface area contributed by atoms with E-state index in [-0.39, 0.29) is 16.4 Å². The number of carboxylic acid groups (broad SMARTS) is 1. The predicted molar refractivity (Wildman–Crippen MR) is 89.5 cm³/mol. The van der Waals surface area contributed by atoms with Crippen LogP contribution in [0.3, 0.4) is 0 Å². The summed E-state index contributed by atoms with van der Waals surface area (Å²) in [4.78, 5) is 35.5. The lowest BCUT2D eigenvalue weighted by atomic mass is 10.2. The molecule has 0 saturated carbocycles. The van der Waals surface area contributed by atoms with Crippen LogP contribution in [0, 0.1) is 10.1 Å². The van der Waals surface area contributed by atoms with Gasteiger partial charge in [-0.1, -0.05) is 11.6 Å². The summed E-state index contributed by atoms with van der Waals surface area (Å²) in [6.07, 6.45) is 2.49. The third kappa shape index (κ3) is 3.05. The topological polar surface area (TPSA) is 119 Å². The fraction of sp³-hybridized carbons (Fsp3) is 0.267. The van der Waals surface area contributed by atoms with Crippen molar-refractivity contribution in [3.05, 3.63) is 56.0 Å². The molecule has 1 atom stereocenters. The monoisotopic (exact) mass is 364 g/mol. The SMILES string of the molecule is O=C(O)[C@@H]1CCCN1c1cnn(-c2ccc([N+](=O)[O-])cc2)c(=O)c1Cl. The largest absolute Gasteiger partial charge is 0.480 e. The second kappa shape index (κ2) is 6.52. The van der Waals surface area contributed by atoms with Crippen LogP contribution in [-0.2, 0) is 4.79 Å². The van der Waals surface area contributed by atoms with Gasteiger partial charge in [-0.3, -0.25) is 14.9 Å². The first-order chi connectivity index (χ1) is 11.9. The zero-order valence-corrected chi connectivity index (χ0v) is 13.6. The quantitative estimate of drug-likeness (QED) is 0.649. The van der Waals surface area contributed by atoms with E-state index in [9.17, 15) is 24.8 Å². The number of anilines is 1. The molecule has 9 nitrogen and oxygen atoms in total. The Kier molecular flexibility index (Phi) is 4.41. The lowest BCUT2D eigenvalue weighted by Crippen LogP contribution is -2.37. The van der Waals surface area contributed by atoms with Gasteiger partial charge in [0, 0.05) is 18.7 Å². The predicted octanol–water partition coefficient (Wildman–Crippen LogP) is 1.85. The first-order valence-electron chi connectivity index (χ1n) is 7.42. The minimum atomic E-state index is -0.979. The lowest BCUT2D eigenvalue weighted by molar-refractivity contribution is -0.384. The van der Waals surface area contributed by atoms with Gasteiger partial charge in [-0.25, -0.2) is 4.79 Å². The summed E-state index contributed by atoms with van der Waals surface area (Å²) in [6.45, 7) is 0.472. The number of aliphatic carboxylic acids is 1. The Bertz CT molecular complexity index is 896. The van der Waals surface area contributed by atoms with Crippen molar-refractivity contribution in [3.63, 3.8) is 0 Å². The van der Waals surface area contributed by atoms with E-state index in [2.05, 4.69) is 5.10 Å². The van der Waals surface area contributed by atoms with Crippen LogP contribution in [0.4, 0.5) is 11.4 Å². The summed E-state index contributed by atoms with van der Waals surface area (Å²) in [6, 6.07) is 4.55. The Morgan fingerprint density at radius 1 is 1.36 bits per heavy atom. The van der Waals surface area contributed by atoms with Crippen molar-refractivity contribution >= 4 is 28.9 Å². The molecule has 130 valence electrons. The number of hydrogen-bond donors (Lipinski definition) is 1. The van der Waals surface area contributed by atoms with E-state index in [0.29, 0.717) is 25.1 Å². The second-order valence-electron chi connectivity index (χ2n) is 5.52. The van der Waals surface area contributed by atoms with Crippen LogP contribution in [0.1, 0.15) is 12.8 Å². The van der Waals surface area contributed by atoms with Crippen molar-refractivity contribution in [2.24, 2.45) is 0 Å². The summed E-state index contributed by atoms with van der Waals surface area (Å²) in [5, 5.41) is 23.9. The van der Waals surface area contributed by atoms with Gasteiger partial charge in [0.1, 0.15) is 11.1 Å². The van der Waals surface area contributed by atoms with Crippen LogP contribution in [0.5, 0.6) is 0 Å². The zero-order chi connectivity index (χ0) is 18.1. The molecule has 0 radical (unpaired) electrons. The smallest absolute Gasteiger partial charge is 0.326 e. The molecule has 25 heavy (non-hydrogen) atoms. The van der Waals surface area contributed by atoms with Gasteiger partial charge in [-0.05, 0) is 25.0 Å². The van der Waals surface area contributed by atoms with E-state index in [1.165, 1.54) is 30.5 Å². The minimum Gasteiger partial charge on any atom is -0.480 e. The highest BCUT2D eigenvalue weighted by Crippen LogP contribution is 2.29. The summed E-state index contributed by atoms with van der Waals surface area (Å²) < 4.78 is 1.02. The Labute approximate surface area is 146 Å². The number of carbonyl (C=O) groups is 1. The molecule has 0 amide bonds. The first-order valence-corrected chi connectivity index (χ1v) is 7.80. The highest BCUT2D eigenvalue weighted by atomic mass is 35.5. The molecule has 1 N–H and O–H groups in total. The van der Waals surface area contributed by atoms with Crippen molar-refractivity contribution in [2.75, 3.05) is 11.4 Å². The van der Waals surface area contributed by atoms with Gasteiger partial charge in [0.25, 0.3) is 11.2 Å². The minimum absolute atomic E-state index is 0.110. The molecular weight excluding hydrogens is 352 g/mol. The van der Waals surface area contributed by atoms with Crippen LogP contribution in [0.25, 0.3) is 5.69 Å². The molecular formula is C15H13ClN4O5. The van der Waals surface area contributed by atoms with Gasteiger partial charge in [-0.15, -0.1) is 0 Å². The van der Waals surface area contributed by atoms with Gasteiger partial charge < -0.3 is 10.0 Å². The third-order valence-corrected chi connectivity index (χ3v) is 4.41. The van der Waals surface area contributed by atoms with Gasteiger partial charge in [-0.2, -0.15) is 9.78 Å². The van der Waals surface area contributed by atoms with Crippen LogP contribution >= 0.6 is 11.6 Å². The number of hydrogen-bond acceptors (Lipinski definition) is 6. The molecule has 1 saturated heterocycles. The fourth-order valence-electron chi connectivity index (χ4n) is 2.84. The average Bonchev–Trinajstić information content (AvgIpc) is 3.07. The molecule has 0 spiro atoms. The molecule has 3 rings (SSSR count). The van der Waals surface area contributed by atoms with E-state index >= 15 is 0 Å². The Morgan fingerprint density at radius 2 is 2.04 bits per heavy atom. The normalized spacial score (nSPS) is 16.8. The average molecular weight is 365 g/mol. The lowest BCUT2D eigenvalue weighted by Gasteiger charge is -2.24. The van der Waals surface area contributed by atoms with Crippen molar-refractivity contribution in [3.8, 4) is 5.69 Å². The fourth-order valence-corrected chi connectivity index (χ4v) is 3.07. The molecule has 1 aliphatic heterocycles.